The molecule has 8 heteroatoms. The van der Waals surface area contributed by atoms with Crippen molar-refractivity contribution >= 4 is 33.1 Å². The van der Waals surface area contributed by atoms with Gasteiger partial charge in [-0.1, -0.05) is 0 Å². The summed E-state index contributed by atoms with van der Waals surface area (Å²) in [4.78, 5) is 22.8. The molecule has 0 aliphatic carbocycles. The lowest BCUT2D eigenvalue weighted by Gasteiger charge is -2.10. The van der Waals surface area contributed by atoms with E-state index in [2.05, 4.69) is 14.9 Å². The summed E-state index contributed by atoms with van der Waals surface area (Å²) in [6.45, 7) is 0.729. The van der Waals surface area contributed by atoms with Gasteiger partial charge in [0.2, 0.25) is 0 Å². The van der Waals surface area contributed by atoms with Crippen molar-refractivity contribution < 1.29 is 4.92 Å². The summed E-state index contributed by atoms with van der Waals surface area (Å²) < 4.78 is 0. The third kappa shape index (κ3) is 2.86. The molecule has 0 amide bonds. The van der Waals surface area contributed by atoms with Crippen molar-refractivity contribution in [3.05, 3.63) is 45.6 Å². The van der Waals surface area contributed by atoms with Crippen molar-refractivity contribution in [1.29, 1.82) is 0 Å². The molecule has 3 rings (SSSR count). The molecule has 0 aliphatic heterocycles. The first-order chi connectivity index (χ1) is 11.0. The predicted molar refractivity (Wildman–Crippen MR) is 91.3 cm³/mol. The number of hydrogen-bond donors (Lipinski definition) is 1. The molecule has 3 aromatic rings. The first-order valence-corrected chi connectivity index (χ1v) is 7.70. The number of benzene rings is 1. The molecule has 118 valence electrons. The number of non-ortho nitro benzene ring substituents is 1. The summed E-state index contributed by atoms with van der Waals surface area (Å²) in [6.07, 6.45) is 1.45. The maximum Gasteiger partial charge on any atom is 0.269 e. The average molecular weight is 329 g/mol. The summed E-state index contributed by atoms with van der Waals surface area (Å²) in [5.74, 6) is 0.421. The summed E-state index contributed by atoms with van der Waals surface area (Å²) in [6, 6.07) is 6.48. The Hall–Kier alpha value is -2.58. The number of anilines is 1. The first-order valence-electron chi connectivity index (χ1n) is 6.88. The van der Waals surface area contributed by atoms with Gasteiger partial charge in [-0.25, -0.2) is 9.97 Å². The second-order valence-corrected chi connectivity index (χ2v) is 6.46. The molecule has 2 heterocycles. The Morgan fingerprint density at radius 2 is 1.96 bits per heavy atom. The van der Waals surface area contributed by atoms with Gasteiger partial charge in [0.1, 0.15) is 17.0 Å². The van der Waals surface area contributed by atoms with E-state index in [1.807, 2.05) is 14.1 Å². The third-order valence-electron chi connectivity index (χ3n) is 3.42. The van der Waals surface area contributed by atoms with Crippen LogP contribution >= 0.6 is 11.3 Å². The van der Waals surface area contributed by atoms with E-state index >= 15 is 0 Å². The zero-order valence-corrected chi connectivity index (χ0v) is 13.5. The molecule has 7 nitrogen and oxygen atoms in total. The number of aromatic nitrogens is 2. The van der Waals surface area contributed by atoms with Crippen LogP contribution < -0.4 is 5.73 Å². The van der Waals surface area contributed by atoms with Crippen LogP contribution in [0.1, 0.15) is 4.88 Å². The molecule has 0 bridgehead atoms. The Morgan fingerprint density at radius 3 is 2.57 bits per heavy atom. The number of nitro groups is 1. The second-order valence-electron chi connectivity index (χ2n) is 5.38. The van der Waals surface area contributed by atoms with E-state index in [9.17, 15) is 10.1 Å². The van der Waals surface area contributed by atoms with Gasteiger partial charge in [0.05, 0.1) is 10.3 Å². The van der Waals surface area contributed by atoms with Crippen molar-refractivity contribution in [1.82, 2.24) is 14.9 Å². The van der Waals surface area contributed by atoms with Crippen molar-refractivity contribution in [3.8, 4) is 11.1 Å². The van der Waals surface area contributed by atoms with Gasteiger partial charge in [0.25, 0.3) is 5.69 Å². The van der Waals surface area contributed by atoms with E-state index in [1.54, 1.807) is 23.5 Å². The zero-order chi connectivity index (χ0) is 16.6. The highest BCUT2D eigenvalue weighted by Gasteiger charge is 2.19. The number of hydrogen-bond acceptors (Lipinski definition) is 7. The van der Waals surface area contributed by atoms with Crippen LogP contribution in [0.25, 0.3) is 21.3 Å². The molecule has 0 atom stereocenters. The van der Waals surface area contributed by atoms with Crippen LogP contribution in [0.15, 0.2) is 30.6 Å². The molecule has 0 radical (unpaired) electrons. The lowest BCUT2D eigenvalue weighted by Crippen LogP contribution is -2.10. The highest BCUT2D eigenvalue weighted by atomic mass is 32.1. The van der Waals surface area contributed by atoms with Crippen LogP contribution in [0.4, 0.5) is 11.5 Å². The number of thiophene rings is 1. The summed E-state index contributed by atoms with van der Waals surface area (Å²) in [5, 5.41) is 11.6. The van der Waals surface area contributed by atoms with Gasteiger partial charge in [0, 0.05) is 29.1 Å². The van der Waals surface area contributed by atoms with Crippen molar-refractivity contribution in [2.75, 3.05) is 19.8 Å². The monoisotopic (exact) mass is 329 g/mol. The zero-order valence-electron chi connectivity index (χ0n) is 12.7. The minimum atomic E-state index is -0.409. The van der Waals surface area contributed by atoms with Crippen LogP contribution in [0.2, 0.25) is 0 Å². The fraction of sp³-hybridized carbons (Fsp3) is 0.200. The van der Waals surface area contributed by atoms with Gasteiger partial charge < -0.3 is 10.6 Å². The largest absolute Gasteiger partial charge is 0.383 e. The second kappa shape index (κ2) is 5.90. The van der Waals surface area contributed by atoms with E-state index in [1.165, 1.54) is 18.5 Å². The van der Waals surface area contributed by atoms with E-state index in [0.29, 0.717) is 5.82 Å². The summed E-state index contributed by atoms with van der Waals surface area (Å²) >= 11 is 1.57. The smallest absolute Gasteiger partial charge is 0.269 e. The van der Waals surface area contributed by atoms with E-state index in [4.69, 9.17) is 5.73 Å². The Labute approximate surface area is 136 Å². The Kier molecular flexibility index (Phi) is 3.93. The number of nitrogens with zero attached hydrogens (tertiary/aromatic N) is 4. The number of rotatable bonds is 4. The first kappa shape index (κ1) is 15.3. The SMILES string of the molecule is CN(C)Cc1sc2ncnc(N)c2c1-c1ccc([N+](=O)[O-])cc1. The van der Waals surface area contributed by atoms with Gasteiger partial charge in [-0.15, -0.1) is 11.3 Å². The molecule has 2 N–H and O–H groups in total. The van der Waals surface area contributed by atoms with E-state index in [-0.39, 0.29) is 5.69 Å². The molecule has 0 unspecified atom stereocenters. The number of nitrogen functional groups attached to an aromatic ring is 1. The molecule has 0 aliphatic rings. The average Bonchev–Trinajstić information content (AvgIpc) is 2.86. The Bertz CT molecular complexity index is 873. The molecule has 0 saturated heterocycles. The van der Waals surface area contributed by atoms with E-state index in [0.717, 1.165) is 32.8 Å². The summed E-state index contributed by atoms with van der Waals surface area (Å²) in [5.41, 5.74) is 7.94. The molecule has 0 spiro atoms. The van der Waals surface area contributed by atoms with Crippen LogP contribution in [-0.4, -0.2) is 33.9 Å². The Morgan fingerprint density at radius 1 is 1.26 bits per heavy atom. The molecular formula is C15H15N5O2S. The van der Waals surface area contributed by atoms with Crippen molar-refractivity contribution in [3.63, 3.8) is 0 Å². The minimum Gasteiger partial charge on any atom is -0.383 e. The Balaban J connectivity index is 2.22. The minimum absolute atomic E-state index is 0.0617. The van der Waals surface area contributed by atoms with Crippen molar-refractivity contribution in [2.45, 2.75) is 6.54 Å². The number of nitro benzene ring substituents is 1. The molecule has 0 fully saturated rings. The highest BCUT2D eigenvalue weighted by Crippen LogP contribution is 2.40. The summed E-state index contributed by atoms with van der Waals surface area (Å²) in [7, 11) is 3.97. The molecule has 2 aromatic heterocycles. The third-order valence-corrected chi connectivity index (χ3v) is 4.50. The maximum absolute atomic E-state index is 10.8. The van der Waals surface area contributed by atoms with Crippen LogP contribution in [0.5, 0.6) is 0 Å². The lowest BCUT2D eigenvalue weighted by atomic mass is 10.0. The lowest BCUT2D eigenvalue weighted by molar-refractivity contribution is -0.384. The molecular weight excluding hydrogens is 314 g/mol. The normalized spacial score (nSPS) is 11.3. The standard InChI is InChI=1S/C15H15N5O2S/c1-19(2)7-11-12(9-3-5-10(6-4-9)20(21)22)13-14(16)17-8-18-15(13)23-11/h3-6,8H,7H2,1-2H3,(H2,16,17,18). The number of nitrogens with two attached hydrogens (primary N) is 1. The van der Waals surface area contributed by atoms with Gasteiger partial charge in [0.15, 0.2) is 0 Å². The number of fused-ring (bicyclic) bond motifs is 1. The van der Waals surface area contributed by atoms with Gasteiger partial charge in [-0.05, 0) is 31.8 Å². The van der Waals surface area contributed by atoms with Crippen molar-refractivity contribution in [2.24, 2.45) is 0 Å². The fourth-order valence-electron chi connectivity index (χ4n) is 2.46. The predicted octanol–water partition coefficient (Wildman–Crippen LogP) is 2.91. The quantitative estimate of drug-likeness (QED) is 0.584. The van der Waals surface area contributed by atoms with Gasteiger partial charge in [-0.3, -0.25) is 10.1 Å². The van der Waals surface area contributed by atoms with E-state index < -0.39 is 4.92 Å². The fourth-order valence-corrected chi connectivity index (χ4v) is 3.74. The van der Waals surface area contributed by atoms with Gasteiger partial charge >= 0.3 is 0 Å². The molecule has 23 heavy (non-hydrogen) atoms. The maximum atomic E-state index is 10.8. The van der Waals surface area contributed by atoms with Crippen LogP contribution in [0, 0.1) is 10.1 Å². The molecule has 0 saturated carbocycles. The molecule has 1 aromatic carbocycles. The highest BCUT2D eigenvalue weighted by molar-refractivity contribution is 7.19. The van der Waals surface area contributed by atoms with Crippen LogP contribution in [0.3, 0.4) is 0 Å². The topological polar surface area (TPSA) is 98.2 Å². The van der Waals surface area contributed by atoms with Crippen LogP contribution in [-0.2, 0) is 6.54 Å². The van der Waals surface area contributed by atoms with Gasteiger partial charge in [-0.2, -0.15) is 0 Å².